The summed E-state index contributed by atoms with van der Waals surface area (Å²) in [6.45, 7) is 8.21. The minimum atomic E-state index is -1.21. The van der Waals surface area contributed by atoms with E-state index in [1.165, 1.54) is 12.1 Å². The standard InChI is InChI=1S/C28H30N4O5Si/c1-38(2,3)15-14-35-18-31-25-9-5-8-23(29-21-6-4-7-22(17-21)32(33)34)28(25)24(30-31)12-10-20-11-13-26-27(16-20)37-19-36-26/h4-13,16-17,29H,14-15,18-19H2,1-3H3. The van der Waals surface area contributed by atoms with Gasteiger partial charge in [-0.05, 0) is 48.0 Å². The van der Waals surface area contributed by atoms with Crippen molar-refractivity contribution in [2.45, 2.75) is 32.4 Å². The second kappa shape index (κ2) is 10.7. The third-order valence-electron chi connectivity index (χ3n) is 6.18. The molecule has 4 aromatic rings. The first kappa shape index (κ1) is 25.5. The molecule has 0 fully saturated rings. The van der Waals surface area contributed by atoms with Crippen molar-refractivity contribution in [3.8, 4) is 11.5 Å². The first-order valence-electron chi connectivity index (χ1n) is 12.4. The van der Waals surface area contributed by atoms with Gasteiger partial charge in [-0.3, -0.25) is 10.1 Å². The van der Waals surface area contributed by atoms with Crippen LogP contribution in [0.3, 0.4) is 0 Å². The topological polar surface area (TPSA) is 101 Å². The van der Waals surface area contributed by atoms with Crippen LogP contribution in [-0.2, 0) is 11.5 Å². The van der Waals surface area contributed by atoms with Crippen LogP contribution < -0.4 is 14.8 Å². The number of nitrogens with one attached hydrogen (secondary N) is 1. The average molecular weight is 531 g/mol. The molecule has 0 amide bonds. The molecular formula is C28H30N4O5Si. The van der Waals surface area contributed by atoms with Crippen LogP contribution >= 0.6 is 0 Å². The fourth-order valence-corrected chi connectivity index (χ4v) is 4.91. The number of rotatable bonds is 10. The maximum absolute atomic E-state index is 11.3. The predicted molar refractivity (Wildman–Crippen MR) is 152 cm³/mol. The van der Waals surface area contributed by atoms with Crippen LogP contribution in [0.2, 0.25) is 25.7 Å². The van der Waals surface area contributed by atoms with E-state index in [1.807, 2.05) is 53.2 Å². The van der Waals surface area contributed by atoms with Crippen molar-refractivity contribution in [1.82, 2.24) is 9.78 Å². The Morgan fingerprint density at radius 3 is 2.71 bits per heavy atom. The predicted octanol–water partition coefficient (Wildman–Crippen LogP) is 6.90. The molecule has 0 spiro atoms. The highest BCUT2D eigenvalue weighted by Gasteiger charge is 2.17. The number of nitrogens with zero attached hydrogens (tertiary/aromatic N) is 3. The summed E-state index contributed by atoms with van der Waals surface area (Å²) in [5, 5.41) is 20.4. The Balaban J connectivity index is 1.49. The van der Waals surface area contributed by atoms with E-state index < -0.39 is 13.0 Å². The summed E-state index contributed by atoms with van der Waals surface area (Å²) in [5.41, 5.74) is 4.04. The quantitative estimate of drug-likeness (QED) is 0.103. The third-order valence-corrected chi connectivity index (χ3v) is 7.89. The zero-order valence-corrected chi connectivity index (χ0v) is 22.6. The lowest BCUT2D eigenvalue weighted by molar-refractivity contribution is -0.384. The van der Waals surface area contributed by atoms with Gasteiger partial charge in [-0.25, -0.2) is 4.68 Å². The molecule has 0 aliphatic carbocycles. The van der Waals surface area contributed by atoms with Crippen molar-refractivity contribution in [2.75, 3.05) is 18.7 Å². The minimum absolute atomic E-state index is 0.0246. The maximum atomic E-state index is 11.3. The minimum Gasteiger partial charge on any atom is -0.454 e. The van der Waals surface area contributed by atoms with E-state index in [4.69, 9.17) is 19.3 Å². The van der Waals surface area contributed by atoms with Gasteiger partial charge in [0.1, 0.15) is 6.73 Å². The number of hydrogen-bond acceptors (Lipinski definition) is 7. The summed E-state index contributed by atoms with van der Waals surface area (Å²) < 4.78 is 18.8. The van der Waals surface area contributed by atoms with Crippen molar-refractivity contribution in [3.05, 3.63) is 82.0 Å². The van der Waals surface area contributed by atoms with E-state index in [-0.39, 0.29) is 12.5 Å². The van der Waals surface area contributed by atoms with Gasteiger partial charge in [-0.2, -0.15) is 5.10 Å². The third kappa shape index (κ3) is 5.87. The number of benzene rings is 3. The first-order valence-corrected chi connectivity index (χ1v) is 16.1. The Bertz CT molecular complexity index is 1510. The van der Waals surface area contributed by atoms with Crippen LogP contribution in [0.1, 0.15) is 11.3 Å². The van der Waals surface area contributed by atoms with Gasteiger partial charge in [0.15, 0.2) is 11.5 Å². The summed E-state index contributed by atoms with van der Waals surface area (Å²) in [7, 11) is -1.21. The SMILES string of the molecule is C[Si](C)(C)CCOCn1nc(C=Cc2ccc3c(c2)OCO3)c2c(Nc3cccc([N+](=O)[O-])c3)cccc21. The molecule has 38 heavy (non-hydrogen) atoms. The van der Waals surface area contributed by atoms with Crippen molar-refractivity contribution in [2.24, 2.45) is 0 Å². The molecule has 9 nitrogen and oxygen atoms in total. The molecule has 1 N–H and O–H groups in total. The normalized spacial score (nSPS) is 12.9. The molecule has 1 aliphatic heterocycles. The van der Waals surface area contributed by atoms with Gasteiger partial charge in [0.05, 0.1) is 27.2 Å². The van der Waals surface area contributed by atoms with Crippen LogP contribution in [0.5, 0.6) is 11.5 Å². The van der Waals surface area contributed by atoms with Crippen molar-refractivity contribution in [1.29, 1.82) is 0 Å². The maximum Gasteiger partial charge on any atom is 0.271 e. The highest BCUT2D eigenvalue weighted by Crippen LogP contribution is 2.34. The van der Waals surface area contributed by atoms with Gasteiger partial charge in [-0.15, -0.1) is 0 Å². The zero-order valence-electron chi connectivity index (χ0n) is 21.6. The Morgan fingerprint density at radius 2 is 1.89 bits per heavy atom. The highest BCUT2D eigenvalue weighted by molar-refractivity contribution is 6.76. The second-order valence-electron chi connectivity index (χ2n) is 10.3. The Kier molecular flexibility index (Phi) is 7.17. The molecule has 1 aliphatic rings. The van der Waals surface area contributed by atoms with Gasteiger partial charge in [0, 0.05) is 32.5 Å². The van der Waals surface area contributed by atoms with E-state index in [2.05, 4.69) is 25.0 Å². The summed E-state index contributed by atoms with van der Waals surface area (Å²) in [4.78, 5) is 10.9. The summed E-state index contributed by atoms with van der Waals surface area (Å²) in [6.07, 6.45) is 3.93. The smallest absolute Gasteiger partial charge is 0.271 e. The molecule has 196 valence electrons. The number of anilines is 2. The lowest BCUT2D eigenvalue weighted by Crippen LogP contribution is -2.22. The Labute approximate surface area is 221 Å². The number of aromatic nitrogens is 2. The van der Waals surface area contributed by atoms with E-state index in [1.54, 1.807) is 12.1 Å². The van der Waals surface area contributed by atoms with Gasteiger partial charge < -0.3 is 19.5 Å². The van der Waals surface area contributed by atoms with E-state index in [0.29, 0.717) is 24.8 Å². The van der Waals surface area contributed by atoms with Crippen LogP contribution in [0.25, 0.3) is 23.1 Å². The van der Waals surface area contributed by atoms with Crippen molar-refractivity contribution in [3.63, 3.8) is 0 Å². The molecule has 5 rings (SSSR count). The summed E-state index contributed by atoms with van der Waals surface area (Å²) in [6, 6.07) is 19.2. The Morgan fingerprint density at radius 1 is 1.08 bits per heavy atom. The van der Waals surface area contributed by atoms with Crippen molar-refractivity contribution < 1.29 is 19.1 Å². The monoisotopic (exact) mass is 530 g/mol. The molecule has 0 unspecified atom stereocenters. The molecule has 0 radical (unpaired) electrons. The van der Waals surface area contributed by atoms with E-state index in [0.717, 1.165) is 39.6 Å². The number of nitro benzene ring substituents is 1. The molecule has 0 saturated heterocycles. The first-order chi connectivity index (χ1) is 18.3. The molecule has 0 atom stereocenters. The molecular weight excluding hydrogens is 500 g/mol. The fourth-order valence-electron chi connectivity index (χ4n) is 4.15. The van der Waals surface area contributed by atoms with Crippen LogP contribution in [0.4, 0.5) is 17.1 Å². The van der Waals surface area contributed by atoms with Gasteiger partial charge in [-0.1, -0.05) is 43.9 Å². The van der Waals surface area contributed by atoms with Crippen LogP contribution in [-0.4, -0.2) is 36.2 Å². The molecule has 10 heteroatoms. The molecule has 1 aromatic heterocycles. The summed E-state index contributed by atoms with van der Waals surface area (Å²) >= 11 is 0. The molecule has 2 heterocycles. The lowest BCUT2D eigenvalue weighted by Gasteiger charge is -2.15. The fraction of sp³-hybridized carbons (Fsp3) is 0.250. The van der Waals surface area contributed by atoms with E-state index in [9.17, 15) is 10.1 Å². The van der Waals surface area contributed by atoms with Crippen molar-refractivity contribution >= 4 is 48.2 Å². The number of fused-ring (bicyclic) bond motifs is 2. The average Bonchev–Trinajstić information content (AvgIpc) is 3.50. The number of non-ortho nitro benzene ring substituents is 1. The van der Waals surface area contributed by atoms with E-state index >= 15 is 0 Å². The molecule has 0 bridgehead atoms. The van der Waals surface area contributed by atoms with Crippen LogP contribution in [0.15, 0.2) is 60.7 Å². The molecule has 0 saturated carbocycles. The number of nitro groups is 1. The van der Waals surface area contributed by atoms with Gasteiger partial charge in [0.25, 0.3) is 5.69 Å². The number of hydrogen-bond donors (Lipinski definition) is 1. The van der Waals surface area contributed by atoms with Gasteiger partial charge >= 0.3 is 0 Å². The van der Waals surface area contributed by atoms with Gasteiger partial charge in [0.2, 0.25) is 6.79 Å². The van der Waals surface area contributed by atoms with Crippen LogP contribution in [0, 0.1) is 10.1 Å². The number of ether oxygens (including phenoxy) is 3. The second-order valence-corrected chi connectivity index (χ2v) is 15.9. The largest absolute Gasteiger partial charge is 0.454 e. The highest BCUT2D eigenvalue weighted by atomic mass is 28.3. The Hall–Kier alpha value is -4.15. The zero-order chi connectivity index (χ0) is 26.7. The molecule has 3 aromatic carbocycles. The summed E-state index contributed by atoms with van der Waals surface area (Å²) in [5.74, 6) is 1.45. The lowest BCUT2D eigenvalue weighted by atomic mass is 10.1.